The molecule has 3 saturated heterocycles. The largest absolute Gasteiger partial charge is 0.391 e. The fourth-order valence-corrected chi connectivity index (χ4v) is 4.28. The first-order valence-corrected chi connectivity index (χ1v) is 9.29. The number of hydrogen-bond donors (Lipinski definition) is 1. The molecule has 0 unspecified atom stereocenters. The van der Waals surface area contributed by atoms with Crippen molar-refractivity contribution in [1.29, 1.82) is 0 Å². The lowest BCUT2D eigenvalue weighted by molar-refractivity contribution is 0.0571. The Morgan fingerprint density at radius 2 is 2.04 bits per heavy atom. The highest BCUT2D eigenvalue weighted by Crippen LogP contribution is 2.30. The van der Waals surface area contributed by atoms with E-state index in [9.17, 15) is 9.90 Å². The number of aromatic nitrogens is 1. The molecule has 1 aromatic carbocycles. The van der Waals surface area contributed by atoms with E-state index in [4.69, 9.17) is 4.52 Å². The number of carbonyl (C=O) groups is 1. The Labute approximate surface area is 153 Å². The number of aliphatic hydroxyl groups excluding tert-OH is 1. The molecule has 138 valence electrons. The molecular weight excluding hydrogens is 330 g/mol. The summed E-state index contributed by atoms with van der Waals surface area (Å²) < 4.78 is 5.14. The van der Waals surface area contributed by atoms with Crippen LogP contribution in [-0.4, -0.2) is 51.6 Å². The van der Waals surface area contributed by atoms with Crippen LogP contribution in [0.3, 0.4) is 0 Å². The Morgan fingerprint density at radius 1 is 1.23 bits per heavy atom. The minimum Gasteiger partial charge on any atom is -0.391 e. The first kappa shape index (κ1) is 17.2. The van der Waals surface area contributed by atoms with Gasteiger partial charge in [-0.2, -0.15) is 0 Å². The molecule has 6 heteroatoms. The summed E-state index contributed by atoms with van der Waals surface area (Å²) in [7, 11) is 0. The normalized spacial score (nSPS) is 23.2. The number of fused-ring (bicyclic) bond motifs is 4. The van der Waals surface area contributed by atoms with Crippen LogP contribution in [0.25, 0.3) is 0 Å². The average molecular weight is 355 g/mol. The highest BCUT2D eigenvalue weighted by Gasteiger charge is 2.39. The first-order chi connectivity index (χ1) is 12.7. The third-order valence-corrected chi connectivity index (χ3v) is 5.64. The molecule has 6 nitrogen and oxygen atoms in total. The van der Waals surface area contributed by atoms with E-state index in [1.807, 2.05) is 11.0 Å². The number of benzene rings is 1. The van der Waals surface area contributed by atoms with E-state index >= 15 is 0 Å². The SMILES string of the molecule is Cc1onc(C(=O)N2C[C@H]3CC[C@@H]2CN(Cc2ccccc2)C3)c1CO. The van der Waals surface area contributed by atoms with E-state index in [1.54, 1.807) is 6.92 Å². The zero-order valence-electron chi connectivity index (χ0n) is 15.1. The zero-order chi connectivity index (χ0) is 18.1. The summed E-state index contributed by atoms with van der Waals surface area (Å²) in [6.45, 7) is 5.07. The summed E-state index contributed by atoms with van der Waals surface area (Å²) in [5.74, 6) is 0.885. The molecule has 2 bridgehead atoms. The maximum atomic E-state index is 13.1. The van der Waals surface area contributed by atoms with Crippen LogP contribution in [0.2, 0.25) is 0 Å². The van der Waals surface area contributed by atoms with Gasteiger partial charge in [-0.05, 0) is 31.2 Å². The fourth-order valence-electron chi connectivity index (χ4n) is 4.28. The lowest BCUT2D eigenvalue weighted by atomic mass is 9.94. The second-order valence-electron chi connectivity index (χ2n) is 7.46. The summed E-state index contributed by atoms with van der Waals surface area (Å²) in [5.41, 5.74) is 2.09. The molecule has 2 atom stereocenters. The van der Waals surface area contributed by atoms with Gasteiger partial charge in [-0.1, -0.05) is 35.5 Å². The molecule has 0 aliphatic carbocycles. The highest BCUT2D eigenvalue weighted by molar-refractivity contribution is 5.94. The minimum atomic E-state index is -0.224. The lowest BCUT2D eigenvalue weighted by Crippen LogP contribution is -2.47. The van der Waals surface area contributed by atoms with Crippen molar-refractivity contribution in [2.24, 2.45) is 5.92 Å². The number of amides is 1. The van der Waals surface area contributed by atoms with Gasteiger partial charge in [-0.25, -0.2) is 0 Å². The van der Waals surface area contributed by atoms with Gasteiger partial charge >= 0.3 is 0 Å². The molecule has 3 aliphatic rings. The van der Waals surface area contributed by atoms with Crippen LogP contribution in [0.4, 0.5) is 0 Å². The average Bonchev–Trinajstić information content (AvgIpc) is 2.82. The summed E-state index contributed by atoms with van der Waals surface area (Å²) in [6.07, 6.45) is 2.18. The molecule has 0 saturated carbocycles. The van der Waals surface area contributed by atoms with Crippen molar-refractivity contribution in [2.45, 2.75) is 39.0 Å². The molecule has 1 aromatic heterocycles. The van der Waals surface area contributed by atoms with Gasteiger partial charge in [0.2, 0.25) is 0 Å². The van der Waals surface area contributed by atoms with Crippen LogP contribution < -0.4 is 0 Å². The molecule has 2 aromatic rings. The van der Waals surface area contributed by atoms with Gasteiger partial charge in [-0.15, -0.1) is 0 Å². The Balaban J connectivity index is 1.52. The molecule has 3 fully saturated rings. The van der Waals surface area contributed by atoms with E-state index < -0.39 is 0 Å². The minimum absolute atomic E-state index is 0.109. The maximum Gasteiger partial charge on any atom is 0.276 e. The van der Waals surface area contributed by atoms with Crippen LogP contribution in [0.1, 0.15) is 40.2 Å². The number of hydrogen-bond acceptors (Lipinski definition) is 5. The fraction of sp³-hybridized carbons (Fsp3) is 0.500. The summed E-state index contributed by atoms with van der Waals surface area (Å²) in [6, 6.07) is 10.7. The van der Waals surface area contributed by atoms with Crippen LogP contribution in [-0.2, 0) is 13.2 Å². The van der Waals surface area contributed by atoms with Crippen molar-refractivity contribution in [3.05, 3.63) is 52.9 Å². The number of nitrogens with zero attached hydrogens (tertiary/aromatic N) is 3. The maximum absolute atomic E-state index is 13.1. The Hall–Kier alpha value is -2.18. The van der Waals surface area contributed by atoms with E-state index in [0.29, 0.717) is 17.2 Å². The van der Waals surface area contributed by atoms with Gasteiger partial charge in [0.05, 0.1) is 12.2 Å². The smallest absolute Gasteiger partial charge is 0.276 e. The van der Waals surface area contributed by atoms with Crippen molar-refractivity contribution in [3.63, 3.8) is 0 Å². The van der Waals surface area contributed by atoms with Gasteiger partial charge in [0.15, 0.2) is 5.69 Å². The zero-order valence-corrected chi connectivity index (χ0v) is 15.1. The Morgan fingerprint density at radius 3 is 2.81 bits per heavy atom. The number of aryl methyl sites for hydroxylation is 1. The third-order valence-electron chi connectivity index (χ3n) is 5.64. The molecule has 4 heterocycles. The van der Waals surface area contributed by atoms with Crippen molar-refractivity contribution in [1.82, 2.24) is 15.0 Å². The van der Waals surface area contributed by atoms with Gasteiger partial charge < -0.3 is 14.5 Å². The highest BCUT2D eigenvalue weighted by atomic mass is 16.5. The van der Waals surface area contributed by atoms with Gasteiger partial charge in [0.1, 0.15) is 5.76 Å². The topological polar surface area (TPSA) is 69.8 Å². The van der Waals surface area contributed by atoms with E-state index in [-0.39, 0.29) is 24.2 Å². The molecule has 5 rings (SSSR count). The predicted octanol–water partition coefficient (Wildman–Crippen LogP) is 2.21. The lowest BCUT2D eigenvalue weighted by Gasteiger charge is -2.35. The van der Waals surface area contributed by atoms with Crippen molar-refractivity contribution < 1.29 is 14.4 Å². The van der Waals surface area contributed by atoms with Crippen LogP contribution in [0, 0.1) is 12.8 Å². The Bertz CT molecular complexity index is 774. The number of aliphatic hydroxyl groups is 1. The second-order valence-corrected chi connectivity index (χ2v) is 7.46. The molecule has 26 heavy (non-hydrogen) atoms. The van der Waals surface area contributed by atoms with Crippen molar-refractivity contribution in [2.75, 3.05) is 19.6 Å². The second kappa shape index (κ2) is 7.21. The first-order valence-electron chi connectivity index (χ1n) is 9.29. The third kappa shape index (κ3) is 3.27. The number of piperidine rings is 1. The molecule has 0 radical (unpaired) electrons. The number of carbonyl (C=O) groups excluding carboxylic acids is 1. The van der Waals surface area contributed by atoms with Crippen molar-refractivity contribution >= 4 is 5.91 Å². The molecular formula is C20H25N3O3. The quantitative estimate of drug-likeness (QED) is 0.911. The standard InChI is InChI=1S/C20H25N3O3/c1-14-18(13-24)19(21-26-14)20(25)23-11-16-7-8-17(23)12-22(10-16)9-15-5-3-2-4-6-15/h2-6,16-17,24H,7-13H2,1H3/t16-,17+/m0/s1. The van der Waals surface area contributed by atoms with Crippen molar-refractivity contribution in [3.8, 4) is 0 Å². The molecule has 0 spiro atoms. The summed E-state index contributed by atoms with van der Waals surface area (Å²) in [4.78, 5) is 17.5. The van der Waals surface area contributed by atoms with Crippen LogP contribution >= 0.6 is 0 Å². The van der Waals surface area contributed by atoms with Crippen LogP contribution in [0.15, 0.2) is 34.9 Å². The Kier molecular flexibility index (Phi) is 4.78. The van der Waals surface area contributed by atoms with Crippen LogP contribution in [0.5, 0.6) is 0 Å². The predicted molar refractivity (Wildman–Crippen MR) is 96.4 cm³/mol. The van der Waals surface area contributed by atoms with E-state index in [2.05, 4.69) is 34.3 Å². The van der Waals surface area contributed by atoms with E-state index in [1.165, 1.54) is 5.56 Å². The summed E-state index contributed by atoms with van der Waals surface area (Å²) in [5, 5.41) is 13.5. The molecule has 3 aliphatic heterocycles. The molecule has 1 amide bonds. The summed E-state index contributed by atoms with van der Waals surface area (Å²) >= 11 is 0. The number of rotatable bonds is 4. The van der Waals surface area contributed by atoms with Gasteiger partial charge in [-0.3, -0.25) is 9.69 Å². The van der Waals surface area contributed by atoms with Gasteiger partial charge in [0.25, 0.3) is 5.91 Å². The van der Waals surface area contributed by atoms with Gasteiger partial charge in [0, 0.05) is 32.2 Å². The van der Waals surface area contributed by atoms with E-state index in [0.717, 1.165) is 39.0 Å². The molecule has 1 N–H and O–H groups in total. The monoisotopic (exact) mass is 355 g/mol.